The van der Waals surface area contributed by atoms with Crippen LogP contribution in [0, 0.1) is 0 Å². The van der Waals surface area contributed by atoms with Gasteiger partial charge in [0.25, 0.3) is 5.91 Å². The number of nitrogens with zero attached hydrogens (tertiary/aromatic N) is 1. The minimum absolute atomic E-state index is 0.0724. The molecule has 93 valence electrons. The van der Waals surface area contributed by atoms with E-state index in [1.54, 1.807) is 42.8 Å². The molecule has 4 nitrogen and oxygen atoms in total. The number of hydrogen-bond acceptors (Lipinski definition) is 3. The number of rotatable bonds is 4. The van der Waals surface area contributed by atoms with E-state index in [9.17, 15) is 9.59 Å². The van der Waals surface area contributed by atoms with Crippen LogP contribution in [0.4, 0.5) is 5.82 Å². The van der Waals surface area contributed by atoms with Gasteiger partial charge in [0.15, 0.2) is 0 Å². The smallest absolute Gasteiger partial charge is 0.260 e. The van der Waals surface area contributed by atoms with Crippen LogP contribution in [0.15, 0.2) is 60.3 Å². The number of carbonyl (C=O) groups excluding carboxylic acids is 2. The highest BCUT2D eigenvalue weighted by Gasteiger charge is 2.10. The Bertz CT molecular complexity index is 592. The van der Waals surface area contributed by atoms with Crippen molar-refractivity contribution in [2.24, 2.45) is 0 Å². The van der Waals surface area contributed by atoms with Gasteiger partial charge in [-0.15, -0.1) is 0 Å². The lowest BCUT2D eigenvalue weighted by Crippen LogP contribution is -2.15. The molecule has 4 heteroatoms. The van der Waals surface area contributed by atoms with Gasteiger partial charge < -0.3 is 5.32 Å². The van der Waals surface area contributed by atoms with Crippen LogP contribution < -0.4 is 5.32 Å². The number of aromatic nitrogens is 1. The lowest BCUT2D eigenvalue weighted by molar-refractivity contribution is -0.112. The van der Waals surface area contributed by atoms with Crippen LogP contribution in [0.2, 0.25) is 0 Å². The Morgan fingerprint density at radius 1 is 1.11 bits per heavy atom. The fourth-order valence-electron chi connectivity index (χ4n) is 1.48. The minimum Gasteiger partial charge on any atom is -0.306 e. The number of carbonyl (C=O) groups is 1. The van der Waals surface area contributed by atoms with Gasteiger partial charge in [0.05, 0.1) is 5.57 Å². The van der Waals surface area contributed by atoms with Crippen LogP contribution in [-0.4, -0.2) is 17.2 Å². The van der Waals surface area contributed by atoms with Crippen LogP contribution in [0.3, 0.4) is 0 Å². The third-order valence-electron chi connectivity index (χ3n) is 2.37. The van der Waals surface area contributed by atoms with Gasteiger partial charge in [0, 0.05) is 6.20 Å². The van der Waals surface area contributed by atoms with Crippen molar-refractivity contribution in [2.45, 2.75) is 0 Å². The summed E-state index contributed by atoms with van der Waals surface area (Å²) in [5.41, 5.74) is 0.689. The van der Waals surface area contributed by atoms with Gasteiger partial charge in [0.2, 0.25) is 6.29 Å². The third kappa shape index (κ3) is 3.61. The topological polar surface area (TPSA) is 59.1 Å². The predicted molar refractivity (Wildman–Crippen MR) is 73.0 cm³/mol. The Kier molecular flexibility index (Phi) is 4.18. The molecule has 0 saturated carbocycles. The number of amides is 1. The maximum Gasteiger partial charge on any atom is 0.260 e. The average Bonchev–Trinajstić information content (AvgIpc) is 2.47. The van der Waals surface area contributed by atoms with Gasteiger partial charge in [-0.2, -0.15) is 0 Å². The summed E-state index contributed by atoms with van der Waals surface area (Å²) in [5.74, 6) is -0.140. The molecule has 0 aliphatic carbocycles. The largest absolute Gasteiger partial charge is 0.306 e. The molecule has 19 heavy (non-hydrogen) atoms. The summed E-state index contributed by atoms with van der Waals surface area (Å²) in [7, 11) is 0. The molecule has 2 aromatic rings. The van der Waals surface area contributed by atoms with Gasteiger partial charge in [-0.3, -0.25) is 9.59 Å². The Labute approximate surface area is 110 Å². The molecule has 1 N–H and O–H groups in total. The lowest BCUT2D eigenvalue weighted by Gasteiger charge is -2.02. The summed E-state index contributed by atoms with van der Waals surface area (Å²) < 4.78 is 0. The van der Waals surface area contributed by atoms with Gasteiger partial charge in [-0.1, -0.05) is 36.4 Å². The van der Waals surface area contributed by atoms with Crippen LogP contribution in [0.1, 0.15) is 5.56 Å². The van der Waals surface area contributed by atoms with E-state index in [1.165, 1.54) is 6.08 Å². The zero-order chi connectivity index (χ0) is 13.5. The molecule has 1 heterocycles. The molecule has 1 amide bonds. The van der Waals surface area contributed by atoms with Crippen LogP contribution in [-0.2, 0) is 9.59 Å². The second kappa shape index (κ2) is 6.26. The van der Waals surface area contributed by atoms with Crippen molar-refractivity contribution in [1.29, 1.82) is 0 Å². The van der Waals surface area contributed by atoms with E-state index in [0.29, 0.717) is 5.82 Å². The first-order chi connectivity index (χ1) is 9.29. The SMILES string of the molecule is O=[C]C(=Cc1ccccc1)C(=O)Nc1ccccn1. The number of anilines is 1. The van der Waals surface area contributed by atoms with E-state index in [0.717, 1.165) is 5.56 Å². The third-order valence-corrected chi connectivity index (χ3v) is 2.37. The zero-order valence-electron chi connectivity index (χ0n) is 10.0. The molecule has 2 rings (SSSR count). The fourth-order valence-corrected chi connectivity index (χ4v) is 1.48. The number of benzene rings is 1. The summed E-state index contributed by atoms with van der Waals surface area (Å²) in [6, 6.07) is 14.2. The summed E-state index contributed by atoms with van der Waals surface area (Å²) in [6.45, 7) is 0. The van der Waals surface area contributed by atoms with E-state index in [2.05, 4.69) is 10.3 Å². The lowest BCUT2D eigenvalue weighted by atomic mass is 10.1. The van der Waals surface area contributed by atoms with Gasteiger partial charge in [-0.05, 0) is 23.8 Å². The van der Waals surface area contributed by atoms with Crippen LogP contribution in [0.5, 0.6) is 0 Å². The maximum absolute atomic E-state index is 11.9. The maximum atomic E-state index is 11.9. The second-order valence-electron chi connectivity index (χ2n) is 3.74. The van der Waals surface area contributed by atoms with Gasteiger partial charge >= 0.3 is 0 Å². The summed E-state index contributed by atoms with van der Waals surface area (Å²) >= 11 is 0. The van der Waals surface area contributed by atoms with Crippen molar-refractivity contribution < 1.29 is 9.59 Å². The van der Waals surface area contributed by atoms with E-state index < -0.39 is 5.91 Å². The second-order valence-corrected chi connectivity index (χ2v) is 3.74. The molecule has 1 radical (unpaired) electrons. The molecule has 0 fully saturated rings. The van der Waals surface area contributed by atoms with Crippen molar-refractivity contribution in [2.75, 3.05) is 5.32 Å². The molecule has 0 aliphatic rings. The summed E-state index contributed by atoms with van der Waals surface area (Å²) in [5, 5.41) is 2.53. The van der Waals surface area contributed by atoms with E-state index >= 15 is 0 Å². The molecule has 1 aromatic heterocycles. The molecule has 1 aromatic carbocycles. The van der Waals surface area contributed by atoms with Crippen LogP contribution >= 0.6 is 0 Å². The number of hydrogen-bond donors (Lipinski definition) is 1. The highest BCUT2D eigenvalue weighted by molar-refractivity contribution is 6.19. The molecule has 0 aliphatic heterocycles. The first kappa shape index (κ1) is 12.7. The molecular weight excluding hydrogens is 240 g/mol. The Morgan fingerprint density at radius 3 is 2.47 bits per heavy atom. The van der Waals surface area contributed by atoms with E-state index in [-0.39, 0.29) is 5.57 Å². The van der Waals surface area contributed by atoms with Gasteiger partial charge in [0.1, 0.15) is 5.82 Å². The molecule has 0 spiro atoms. The van der Waals surface area contributed by atoms with Gasteiger partial charge in [-0.25, -0.2) is 4.98 Å². The zero-order valence-corrected chi connectivity index (χ0v) is 10.0. The highest BCUT2D eigenvalue weighted by atomic mass is 16.2. The fraction of sp³-hybridized carbons (Fsp3) is 0. The van der Waals surface area contributed by atoms with Crippen molar-refractivity contribution in [3.63, 3.8) is 0 Å². The molecular formula is C15H11N2O2. The van der Waals surface area contributed by atoms with Crippen molar-refractivity contribution >= 4 is 24.1 Å². The van der Waals surface area contributed by atoms with Crippen molar-refractivity contribution in [3.8, 4) is 0 Å². The Morgan fingerprint density at radius 2 is 1.84 bits per heavy atom. The monoisotopic (exact) mass is 251 g/mol. The summed E-state index contributed by atoms with van der Waals surface area (Å²) in [4.78, 5) is 26.7. The minimum atomic E-state index is -0.530. The molecule has 0 unspecified atom stereocenters. The number of nitrogens with one attached hydrogen (secondary N) is 1. The van der Waals surface area contributed by atoms with E-state index in [4.69, 9.17) is 0 Å². The van der Waals surface area contributed by atoms with Crippen molar-refractivity contribution in [1.82, 2.24) is 4.98 Å². The number of pyridine rings is 1. The predicted octanol–water partition coefficient (Wildman–Crippen LogP) is 2.21. The average molecular weight is 251 g/mol. The van der Waals surface area contributed by atoms with E-state index in [1.807, 2.05) is 18.2 Å². The molecule has 0 bridgehead atoms. The normalized spacial score (nSPS) is 10.8. The quantitative estimate of drug-likeness (QED) is 0.515. The standard InChI is InChI=1S/C15H11N2O2/c18-11-13(10-12-6-2-1-3-7-12)15(19)17-14-8-4-5-9-16-14/h1-10H,(H,16,17,19). The Balaban J connectivity index is 2.16. The highest BCUT2D eigenvalue weighted by Crippen LogP contribution is 2.08. The Hall–Kier alpha value is -2.75. The summed E-state index contributed by atoms with van der Waals surface area (Å²) in [6.07, 6.45) is 4.68. The first-order valence-corrected chi connectivity index (χ1v) is 5.67. The van der Waals surface area contributed by atoms with Crippen molar-refractivity contribution in [3.05, 3.63) is 65.9 Å². The molecule has 0 atom stereocenters. The molecule has 0 saturated heterocycles. The first-order valence-electron chi connectivity index (χ1n) is 5.67. The van der Waals surface area contributed by atoms with Crippen LogP contribution in [0.25, 0.3) is 6.08 Å².